The van der Waals surface area contributed by atoms with Gasteiger partial charge in [0.25, 0.3) is 17.7 Å². The van der Waals surface area contributed by atoms with Gasteiger partial charge in [-0.15, -0.1) is 0 Å². The van der Waals surface area contributed by atoms with Gasteiger partial charge >= 0.3 is 0 Å². The van der Waals surface area contributed by atoms with Crippen LogP contribution in [0.4, 0.5) is 5.82 Å². The number of aryl methyl sites for hydroxylation is 4. The molecule has 14 aromatic heterocycles. The molecule has 19 rings (SSSR count). The number of carbonyl (C=O) groups excluding carboxylic acids is 7. The monoisotopic (exact) mass is 2020 g/mol. The average Bonchev–Trinajstić information content (AvgIpc) is 1.63. The minimum atomic E-state index is -0.379. The standard InChI is InChI=1S/C24H22ClN5O3.C23H23ClN2O3.C22H17ClN2O3.C20H19ClN4O3.C19H12ClN5O/c1-15-13-28-17(11-16(2)31)12-19(15)24-29-21(22(33-24)18-5-3-4-6-20(18)25)23(32)27-8-10-30-9-7-26-14-30;1-13(2)26-23(28)19-11-21(29-22(19)17-7-5-6-8-20(17)24)18-10-16(9-15(4)27)25-12-14(18)3;1-13-12-25-15(9-14(2)26)10-17(13)20-11-18(22-24-7-8-27-22)21(28-20)16-5-3-4-6-19(16)23;1-11-10-22-16(23-12(2)26)9-14(11)19-24-17(20(27)25(3)4)18(28-19)13-7-5-6-8-15(13)21;20-14-4-2-1-3-13(14)16-15(18-23-9-10-24-18)25-19(26-16)12-6-8-22-17-11(12)5-7-21-17/h3-7,9,12-14H,8,10-11H2,1-2H3,(H,27,32);5-8,10-13H,9H2,1-4H3,(H,26,28);3-8,10-12H,9H2,1-2H3;5-10H,1-4H3,(H,22,23,26);1-10H,(H,21,22)(H,23,24). The van der Waals surface area contributed by atoms with Gasteiger partial charge in [0.2, 0.25) is 29.5 Å². The maximum Gasteiger partial charge on any atom is 0.275 e. The van der Waals surface area contributed by atoms with Crippen LogP contribution in [0, 0.1) is 27.7 Å². The number of carbonyl (C=O) groups is 7. The van der Waals surface area contributed by atoms with Crippen molar-refractivity contribution in [3.63, 3.8) is 0 Å². The largest absolute Gasteiger partial charge is 0.455 e. The van der Waals surface area contributed by atoms with Gasteiger partial charge in [0.05, 0.1) is 48.8 Å². The zero-order valence-electron chi connectivity index (χ0n) is 79.8. The van der Waals surface area contributed by atoms with Crippen LogP contribution in [0.5, 0.6) is 0 Å². The van der Waals surface area contributed by atoms with Gasteiger partial charge in [-0.05, 0) is 194 Å². The van der Waals surface area contributed by atoms with Gasteiger partial charge in [-0.3, -0.25) is 48.5 Å². The normalized spacial score (nSPS) is 10.9. The van der Waals surface area contributed by atoms with E-state index in [-0.39, 0.29) is 101 Å². The first kappa shape index (κ1) is 102. The second-order valence-corrected chi connectivity index (χ2v) is 35.7. The van der Waals surface area contributed by atoms with E-state index < -0.39 is 0 Å². The molecule has 0 saturated heterocycles. The molecule has 0 bridgehead atoms. The number of amides is 4. The molecular weight excluding hydrogens is 1930 g/mol. The van der Waals surface area contributed by atoms with Crippen LogP contribution >= 0.6 is 58.0 Å². The first-order chi connectivity index (χ1) is 69.3. The number of hydrogen-bond acceptors (Lipinski definition) is 24. The lowest BCUT2D eigenvalue weighted by molar-refractivity contribution is -0.117. The quantitative estimate of drug-likeness (QED) is 0.0336. The van der Waals surface area contributed by atoms with Crippen LogP contribution in [0.3, 0.4) is 0 Å². The van der Waals surface area contributed by atoms with Crippen LogP contribution in [0.25, 0.3) is 148 Å². The van der Waals surface area contributed by atoms with Crippen molar-refractivity contribution in [3.05, 3.63) is 332 Å². The molecule has 36 heteroatoms. The number of rotatable bonds is 26. The summed E-state index contributed by atoms with van der Waals surface area (Å²) in [7, 11) is 3.28. The van der Waals surface area contributed by atoms with Gasteiger partial charge in [0, 0.05) is 199 Å². The number of Topliss-reactive ketones (excluding diaryl/α,β-unsaturated/α-hetero) is 3. The number of halogens is 5. The first-order valence-corrected chi connectivity index (χ1v) is 46.9. The minimum absolute atomic E-state index is 0.000535. The fourth-order valence-corrected chi connectivity index (χ4v) is 16.2. The van der Waals surface area contributed by atoms with Crippen molar-refractivity contribution in [1.82, 2.24) is 84.9 Å². The molecule has 5 N–H and O–H groups in total. The number of anilines is 1. The van der Waals surface area contributed by atoms with Crippen molar-refractivity contribution in [3.8, 4) is 137 Å². The number of benzene rings is 5. The summed E-state index contributed by atoms with van der Waals surface area (Å²) in [5.41, 5.74) is 15.2. The molecule has 4 amide bonds. The van der Waals surface area contributed by atoms with Crippen molar-refractivity contribution in [2.45, 2.75) is 101 Å². The molecule has 144 heavy (non-hydrogen) atoms. The summed E-state index contributed by atoms with van der Waals surface area (Å²) in [6, 6.07) is 50.9. The van der Waals surface area contributed by atoms with E-state index >= 15 is 0 Å². The highest BCUT2D eigenvalue weighted by molar-refractivity contribution is 6.35. The van der Waals surface area contributed by atoms with E-state index in [9.17, 15) is 33.6 Å². The zero-order chi connectivity index (χ0) is 102. The Morgan fingerprint density at radius 2 is 0.910 bits per heavy atom. The Labute approximate surface area is 850 Å². The number of imidazole rings is 2. The first-order valence-electron chi connectivity index (χ1n) is 45.0. The highest BCUT2D eigenvalue weighted by atomic mass is 35.5. The number of hydrogen-bond donors (Lipinski definition) is 5. The Morgan fingerprint density at radius 3 is 1.41 bits per heavy atom. The summed E-state index contributed by atoms with van der Waals surface area (Å²) in [6.07, 6.45) is 22.7. The van der Waals surface area contributed by atoms with Crippen LogP contribution in [-0.2, 0) is 45.0 Å². The lowest BCUT2D eigenvalue weighted by atomic mass is 10.0. The number of aromatic amines is 2. The van der Waals surface area contributed by atoms with E-state index in [0.29, 0.717) is 152 Å². The SMILES string of the molecule is CC(=O)Cc1cc(-c2cc(-c3ncco3)c(-c3ccccc3Cl)o2)c(C)cn1.CC(=O)Cc1cc(-c2cc(C(=O)NC(C)C)c(-c3ccccc3Cl)o2)c(C)cn1.CC(=O)Cc1cc(-c2nc(C(=O)NCCn3ccnc3)c(-c3ccccc3Cl)o2)c(C)cn1.CC(=O)Nc1cc(-c2nc(C(=O)N(C)C)c(-c3ccccc3Cl)o2)c(C)cn1.Clc1ccccc1-c1oc(-c2ccnc3[nH]ccc23)nc1-c1ncc[nH]1. The summed E-state index contributed by atoms with van der Waals surface area (Å²) >= 11 is 31.9. The number of fused-ring (bicyclic) bond motifs is 1. The van der Waals surface area contributed by atoms with Crippen molar-refractivity contribution < 1.29 is 60.1 Å². The van der Waals surface area contributed by atoms with E-state index in [2.05, 4.69) is 75.8 Å². The topological polar surface area (TPSA) is 416 Å². The van der Waals surface area contributed by atoms with Crippen LogP contribution < -0.4 is 16.0 Å². The van der Waals surface area contributed by atoms with Crippen LogP contribution in [0.1, 0.15) is 112 Å². The third-order valence-electron chi connectivity index (χ3n) is 21.9. The number of nitrogens with zero attached hydrogens (tertiary/aromatic N) is 13. The lowest BCUT2D eigenvalue weighted by Crippen LogP contribution is -2.30. The highest BCUT2D eigenvalue weighted by Crippen LogP contribution is 2.46. The number of oxazole rings is 4. The van der Waals surface area contributed by atoms with E-state index in [4.69, 9.17) is 89.5 Å². The molecule has 0 aliphatic heterocycles. The van der Waals surface area contributed by atoms with Gasteiger partial charge in [-0.2, -0.15) is 0 Å². The number of H-pyrrole nitrogens is 2. The van der Waals surface area contributed by atoms with E-state index in [1.165, 1.54) is 31.9 Å². The van der Waals surface area contributed by atoms with Crippen molar-refractivity contribution in [2.24, 2.45) is 0 Å². The summed E-state index contributed by atoms with van der Waals surface area (Å²) in [4.78, 5) is 140. The van der Waals surface area contributed by atoms with Gasteiger partial charge in [-0.25, -0.2) is 39.9 Å². The Morgan fingerprint density at radius 1 is 0.431 bits per heavy atom. The van der Waals surface area contributed by atoms with Crippen LogP contribution in [0.15, 0.2) is 277 Å². The maximum atomic E-state index is 13.1. The molecule has 0 aliphatic carbocycles. The number of pyridine rings is 5. The van der Waals surface area contributed by atoms with Crippen molar-refractivity contribution in [1.29, 1.82) is 0 Å². The molecule has 0 radical (unpaired) electrons. The summed E-state index contributed by atoms with van der Waals surface area (Å²) in [5, 5.41) is 11.9. The van der Waals surface area contributed by atoms with Crippen LogP contribution in [0.2, 0.25) is 25.1 Å². The molecular formula is C108H93Cl5N18O13. The van der Waals surface area contributed by atoms with E-state index in [1.54, 1.807) is 156 Å². The molecule has 5 aromatic carbocycles. The predicted molar refractivity (Wildman–Crippen MR) is 552 cm³/mol. The Balaban J connectivity index is 0.000000136. The Hall–Kier alpha value is -16.5. The van der Waals surface area contributed by atoms with Gasteiger partial charge in [-0.1, -0.05) is 119 Å². The van der Waals surface area contributed by atoms with Gasteiger partial charge in [0.1, 0.15) is 58.1 Å². The second-order valence-electron chi connectivity index (χ2n) is 33.6. The van der Waals surface area contributed by atoms with Crippen LogP contribution in [-0.4, -0.2) is 142 Å². The third-order valence-corrected chi connectivity index (χ3v) is 23.5. The Bertz CT molecular complexity index is 7910. The minimum Gasteiger partial charge on any atom is -0.455 e. The molecule has 19 aromatic rings. The molecule has 728 valence electrons. The third kappa shape index (κ3) is 24.6. The summed E-state index contributed by atoms with van der Waals surface area (Å²) < 4.78 is 38.0. The molecule has 0 atom stereocenters. The lowest BCUT2D eigenvalue weighted by Gasteiger charge is -2.09. The van der Waals surface area contributed by atoms with Gasteiger partial charge < -0.3 is 61.9 Å². The highest BCUT2D eigenvalue weighted by Gasteiger charge is 2.31. The number of aromatic nitrogens is 14. The fourth-order valence-electron chi connectivity index (χ4n) is 15.1. The molecule has 0 aliphatic rings. The smallest absolute Gasteiger partial charge is 0.275 e. The average molecular weight is 2030 g/mol. The fraction of sp³-hybridized carbons (Fsp3) is 0.167. The number of ketones is 3. The maximum absolute atomic E-state index is 13.1. The molecule has 0 unspecified atom stereocenters. The van der Waals surface area contributed by atoms with E-state index in [0.717, 1.165) is 61.1 Å². The Kier molecular flexibility index (Phi) is 32.8. The predicted octanol–water partition coefficient (Wildman–Crippen LogP) is 24.1. The molecule has 0 saturated carbocycles. The van der Waals surface area contributed by atoms with Crippen molar-refractivity contribution >= 4 is 116 Å². The molecule has 0 spiro atoms. The zero-order valence-corrected chi connectivity index (χ0v) is 83.6. The van der Waals surface area contributed by atoms with Crippen molar-refractivity contribution in [2.75, 3.05) is 26.0 Å². The van der Waals surface area contributed by atoms with E-state index in [1.807, 2.05) is 156 Å². The molecule has 0 fully saturated rings. The molecule has 31 nitrogen and oxygen atoms in total. The van der Waals surface area contributed by atoms with Gasteiger partial charge in [0.15, 0.2) is 40.2 Å². The number of nitrogens with one attached hydrogen (secondary N) is 5. The second kappa shape index (κ2) is 46.3. The molecule has 14 heterocycles. The number of furan rings is 2. The summed E-state index contributed by atoms with van der Waals surface area (Å²) in [6.45, 7) is 18.3. The summed E-state index contributed by atoms with van der Waals surface area (Å²) in [5.74, 6) is 4.62.